The van der Waals surface area contributed by atoms with Gasteiger partial charge in [0.05, 0.1) is 12.2 Å². The first kappa shape index (κ1) is 18.8. The minimum Gasteiger partial charge on any atom is -0.392 e. The third-order valence-electron chi connectivity index (χ3n) is 3.69. The van der Waals surface area contributed by atoms with E-state index in [0.29, 0.717) is 19.6 Å². The zero-order valence-corrected chi connectivity index (χ0v) is 13.4. The highest BCUT2D eigenvalue weighted by atomic mass is 16.3. The van der Waals surface area contributed by atoms with Crippen LogP contribution in [0.5, 0.6) is 0 Å². The summed E-state index contributed by atoms with van der Waals surface area (Å²) in [4.78, 5) is 6.59. The van der Waals surface area contributed by atoms with Crippen LogP contribution >= 0.6 is 0 Å². The molecule has 3 unspecified atom stereocenters. The van der Waals surface area contributed by atoms with E-state index in [0.717, 1.165) is 39.3 Å². The highest BCUT2D eigenvalue weighted by Crippen LogP contribution is 2.03. The second-order valence-electron chi connectivity index (χ2n) is 6.17. The molecule has 0 aliphatic carbocycles. The number of nitrogens with two attached hydrogens (primary N) is 1. The van der Waals surface area contributed by atoms with Crippen LogP contribution in [0.2, 0.25) is 0 Å². The van der Waals surface area contributed by atoms with E-state index >= 15 is 0 Å². The smallest absolute Gasteiger partial charge is 0.115 e. The molecule has 0 spiro atoms. The summed E-state index contributed by atoms with van der Waals surface area (Å²) in [5.41, 5.74) is 5.49. The molecule has 7 nitrogen and oxygen atoms in total. The lowest BCUT2D eigenvalue weighted by molar-refractivity contribution is 0.0969. The summed E-state index contributed by atoms with van der Waals surface area (Å²) in [6.07, 6.45) is -1.55. The van der Waals surface area contributed by atoms with Crippen LogP contribution in [-0.4, -0.2) is 107 Å². The molecule has 21 heavy (non-hydrogen) atoms. The number of nitrogens with zero attached hydrogens (tertiary/aromatic N) is 3. The normalized spacial score (nSPS) is 24.9. The van der Waals surface area contributed by atoms with E-state index in [1.54, 1.807) is 13.8 Å². The Morgan fingerprint density at radius 2 is 1.00 bits per heavy atom. The molecule has 3 atom stereocenters. The Kier molecular flexibility index (Phi) is 8.65. The van der Waals surface area contributed by atoms with Gasteiger partial charge in [-0.3, -0.25) is 14.7 Å². The molecule has 1 fully saturated rings. The maximum Gasteiger partial charge on any atom is 0.115 e. The van der Waals surface area contributed by atoms with Gasteiger partial charge in [0.1, 0.15) is 6.23 Å². The van der Waals surface area contributed by atoms with Crippen molar-refractivity contribution in [3.63, 3.8) is 0 Å². The summed E-state index contributed by atoms with van der Waals surface area (Å²) in [6.45, 7) is 10.4. The van der Waals surface area contributed by atoms with Gasteiger partial charge in [0, 0.05) is 58.9 Å². The molecule has 5 N–H and O–H groups in total. The lowest BCUT2D eigenvalue weighted by atomic mass is 10.3. The van der Waals surface area contributed by atoms with E-state index in [-0.39, 0.29) is 12.2 Å². The fourth-order valence-corrected chi connectivity index (χ4v) is 2.74. The molecule has 126 valence electrons. The highest BCUT2D eigenvalue weighted by Gasteiger charge is 2.18. The van der Waals surface area contributed by atoms with Crippen LogP contribution in [0.25, 0.3) is 0 Å². The van der Waals surface area contributed by atoms with E-state index < -0.39 is 6.23 Å². The molecule has 0 aromatic heterocycles. The van der Waals surface area contributed by atoms with Crippen molar-refractivity contribution in [2.45, 2.75) is 32.3 Å². The van der Waals surface area contributed by atoms with Gasteiger partial charge in [-0.1, -0.05) is 0 Å². The van der Waals surface area contributed by atoms with Crippen molar-refractivity contribution in [3.8, 4) is 0 Å². The van der Waals surface area contributed by atoms with Crippen molar-refractivity contribution in [1.82, 2.24) is 14.7 Å². The van der Waals surface area contributed by atoms with Crippen molar-refractivity contribution in [2.24, 2.45) is 5.73 Å². The van der Waals surface area contributed by atoms with Gasteiger partial charge in [-0.15, -0.1) is 0 Å². The van der Waals surface area contributed by atoms with Crippen LogP contribution in [0.15, 0.2) is 0 Å². The van der Waals surface area contributed by atoms with Crippen LogP contribution in [0, 0.1) is 0 Å². The van der Waals surface area contributed by atoms with Crippen LogP contribution in [0.4, 0.5) is 0 Å². The number of aliphatic hydroxyl groups excluding tert-OH is 3. The standard InChI is InChI=1S/C14H32N4O3/c1-12(19)9-16-3-4-17(10-13(2)20)6-8-18(7-5-16)11-14(15)21/h12-14,19-21H,3-11,15H2,1-2H3. The lowest BCUT2D eigenvalue weighted by Gasteiger charge is -2.27. The monoisotopic (exact) mass is 304 g/mol. The summed E-state index contributed by atoms with van der Waals surface area (Å²) < 4.78 is 0. The zero-order chi connectivity index (χ0) is 15.8. The molecular weight excluding hydrogens is 272 g/mol. The number of rotatable bonds is 6. The molecular formula is C14H32N4O3. The minimum absolute atomic E-state index is 0.357. The molecule has 0 aromatic carbocycles. The molecule has 0 radical (unpaired) electrons. The summed E-state index contributed by atoms with van der Waals surface area (Å²) in [5, 5.41) is 28.6. The Morgan fingerprint density at radius 1 is 0.714 bits per heavy atom. The van der Waals surface area contributed by atoms with Gasteiger partial charge in [-0.2, -0.15) is 0 Å². The van der Waals surface area contributed by atoms with Crippen LogP contribution in [0.1, 0.15) is 13.8 Å². The fourth-order valence-electron chi connectivity index (χ4n) is 2.74. The molecule has 0 amide bonds. The maximum absolute atomic E-state index is 9.59. The first-order valence-corrected chi connectivity index (χ1v) is 7.83. The second kappa shape index (κ2) is 9.68. The van der Waals surface area contributed by atoms with Crippen molar-refractivity contribution in [2.75, 3.05) is 58.9 Å². The first-order chi connectivity index (χ1) is 9.86. The quantitative estimate of drug-likeness (QED) is 0.419. The van der Waals surface area contributed by atoms with E-state index in [1.807, 2.05) is 0 Å². The maximum atomic E-state index is 9.59. The Labute approximate surface area is 127 Å². The zero-order valence-electron chi connectivity index (χ0n) is 13.4. The summed E-state index contributed by atoms with van der Waals surface area (Å²) in [7, 11) is 0. The Bertz CT molecular complexity index is 222. The van der Waals surface area contributed by atoms with Crippen LogP contribution < -0.4 is 5.73 Å². The van der Waals surface area contributed by atoms with E-state index in [4.69, 9.17) is 5.73 Å². The van der Waals surface area contributed by atoms with Crippen molar-refractivity contribution >= 4 is 0 Å². The van der Waals surface area contributed by atoms with Gasteiger partial charge in [-0.25, -0.2) is 0 Å². The second-order valence-corrected chi connectivity index (χ2v) is 6.17. The number of β-amino-alcohol motifs (C(OH)–C–C–N with tert-alkyl or cyclic N) is 3. The largest absolute Gasteiger partial charge is 0.392 e. The van der Waals surface area contributed by atoms with Crippen molar-refractivity contribution < 1.29 is 15.3 Å². The Balaban J connectivity index is 2.62. The molecule has 1 saturated heterocycles. The van der Waals surface area contributed by atoms with Gasteiger partial charge in [0.25, 0.3) is 0 Å². The fraction of sp³-hybridized carbons (Fsp3) is 1.00. The SMILES string of the molecule is CC(O)CN1CCN(CC(C)O)CCN(CC(N)O)CC1. The van der Waals surface area contributed by atoms with Gasteiger partial charge in [0.2, 0.25) is 0 Å². The first-order valence-electron chi connectivity index (χ1n) is 7.83. The van der Waals surface area contributed by atoms with Gasteiger partial charge < -0.3 is 21.1 Å². The Morgan fingerprint density at radius 3 is 1.24 bits per heavy atom. The Hall–Kier alpha value is -0.280. The average Bonchev–Trinajstić information content (AvgIpc) is 2.42. The van der Waals surface area contributed by atoms with Crippen LogP contribution in [0.3, 0.4) is 0 Å². The van der Waals surface area contributed by atoms with Crippen molar-refractivity contribution in [3.05, 3.63) is 0 Å². The molecule has 1 rings (SSSR count). The minimum atomic E-state index is -0.832. The summed E-state index contributed by atoms with van der Waals surface area (Å²) in [6, 6.07) is 0. The third kappa shape index (κ3) is 8.67. The molecule has 0 aromatic rings. The predicted octanol–water partition coefficient (Wildman–Crippen LogP) is -2.06. The molecule has 1 aliphatic heterocycles. The molecule has 1 aliphatic rings. The van der Waals surface area contributed by atoms with Crippen LogP contribution in [-0.2, 0) is 0 Å². The van der Waals surface area contributed by atoms with E-state index in [2.05, 4.69) is 14.7 Å². The summed E-state index contributed by atoms with van der Waals surface area (Å²) >= 11 is 0. The van der Waals surface area contributed by atoms with E-state index in [1.165, 1.54) is 0 Å². The summed E-state index contributed by atoms with van der Waals surface area (Å²) in [5.74, 6) is 0. The van der Waals surface area contributed by atoms with E-state index in [9.17, 15) is 15.3 Å². The van der Waals surface area contributed by atoms with Gasteiger partial charge in [0.15, 0.2) is 0 Å². The van der Waals surface area contributed by atoms with Crippen molar-refractivity contribution in [1.29, 1.82) is 0 Å². The molecule has 0 saturated carbocycles. The predicted molar refractivity (Wildman–Crippen MR) is 82.9 cm³/mol. The number of hydrogen-bond donors (Lipinski definition) is 4. The lowest BCUT2D eigenvalue weighted by Crippen LogP contribution is -2.43. The molecule has 0 bridgehead atoms. The van der Waals surface area contributed by atoms with Gasteiger partial charge >= 0.3 is 0 Å². The average molecular weight is 304 g/mol. The number of hydrogen-bond acceptors (Lipinski definition) is 7. The topological polar surface area (TPSA) is 96.4 Å². The molecule has 7 heteroatoms. The third-order valence-corrected chi connectivity index (χ3v) is 3.69. The molecule has 1 heterocycles. The van der Waals surface area contributed by atoms with Gasteiger partial charge in [-0.05, 0) is 13.8 Å². The highest BCUT2D eigenvalue weighted by molar-refractivity contribution is 4.74. The number of aliphatic hydroxyl groups is 3.